The second-order valence-electron chi connectivity index (χ2n) is 7.12. The van der Waals surface area contributed by atoms with E-state index in [0.717, 1.165) is 6.42 Å². The van der Waals surface area contributed by atoms with Crippen LogP contribution in [0.25, 0.3) is 0 Å². The number of aliphatic hydroxyl groups is 1. The van der Waals surface area contributed by atoms with Gasteiger partial charge in [-0.2, -0.15) is 0 Å². The minimum atomic E-state index is -0.865. The summed E-state index contributed by atoms with van der Waals surface area (Å²) >= 11 is 0. The Morgan fingerprint density at radius 2 is 1.29 bits per heavy atom. The molecule has 0 spiro atoms. The highest BCUT2D eigenvalue weighted by molar-refractivity contribution is 5.75. The van der Waals surface area contributed by atoms with Gasteiger partial charge in [-0.25, -0.2) is 0 Å². The number of carbonyl (C=O) groups excluding carboxylic acids is 2. The lowest BCUT2D eigenvalue weighted by molar-refractivity contribution is -0.147. The molecule has 0 bridgehead atoms. The van der Waals surface area contributed by atoms with Gasteiger partial charge in [-0.1, -0.05) is 57.2 Å². The number of aliphatic hydroxyl groups excluding tert-OH is 1. The number of rotatable bonds is 17. The number of carboxylic acid groups (broad SMARTS) is 1. The Kier molecular flexibility index (Phi) is 16.9. The predicted octanol–water partition coefficient (Wildman–Crippen LogP) is 4.07. The first-order chi connectivity index (χ1) is 14.9. The molecule has 0 fully saturated rings. The summed E-state index contributed by atoms with van der Waals surface area (Å²) in [6, 6.07) is 0. The molecular formula is C24H38O7. The van der Waals surface area contributed by atoms with E-state index in [1.165, 1.54) is 0 Å². The number of carboxylic acids is 1. The van der Waals surface area contributed by atoms with Gasteiger partial charge in [-0.3, -0.25) is 14.4 Å². The molecule has 0 amide bonds. The monoisotopic (exact) mass is 438 g/mol. The van der Waals surface area contributed by atoms with Gasteiger partial charge in [0.25, 0.3) is 0 Å². The molecule has 7 heteroatoms. The number of hydrogen-bond acceptors (Lipinski definition) is 6. The lowest BCUT2D eigenvalue weighted by Crippen LogP contribution is -2.17. The Bertz CT molecular complexity index is 607. The van der Waals surface area contributed by atoms with Gasteiger partial charge in [0.2, 0.25) is 0 Å². The summed E-state index contributed by atoms with van der Waals surface area (Å²) in [6.07, 6.45) is 13.9. The van der Waals surface area contributed by atoms with Gasteiger partial charge in [-0.15, -0.1) is 0 Å². The largest absolute Gasteiger partial charge is 0.481 e. The third-order valence-corrected chi connectivity index (χ3v) is 4.73. The van der Waals surface area contributed by atoms with Crippen molar-refractivity contribution in [2.75, 3.05) is 19.8 Å². The third-order valence-electron chi connectivity index (χ3n) is 4.73. The van der Waals surface area contributed by atoms with E-state index in [-0.39, 0.29) is 37.7 Å². The average Bonchev–Trinajstić information content (AvgIpc) is 2.75. The Morgan fingerprint density at radius 1 is 0.774 bits per heavy atom. The van der Waals surface area contributed by atoms with Gasteiger partial charge in [0, 0.05) is 6.61 Å². The molecule has 2 N–H and O–H groups in total. The fourth-order valence-corrected chi connectivity index (χ4v) is 2.68. The number of hydrogen-bond donors (Lipinski definition) is 2. The molecule has 0 aliphatic rings. The zero-order chi connectivity index (χ0) is 23.5. The van der Waals surface area contributed by atoms with E-state index in [2.05, 4.69) is 0 Å². The van der Waals surface area contributed by atoms with E-state index in [1.54, 1.807) is 31.2 Å². The molecular weight excluding hydrogens is 400 g/mol. The van der Waals surface area contributed by atoms with E-state index in [4.69, 9.17) is 19.7 Å². The first-order valence-corrected chi connectivity index (χ1v) is 11.1. The number of carbonyl (C=O) groups is 3. The molecule has 0 radical (unpaired) electrons. The topological polar surface area (TPSA) is 110 Å². The van der Waals surface area contributed by atoms with Crippen LogP contribution in [0.15, 0.2) is 36.5 Å². The van der Waals surface area contributed by atoms with Crippen molar-refractivity contribution < 1.29 is 34.1 Å². The van der Waals surface area contributed by atoms with Gasteiger partial charge in [0.1, 0.15) is 6.61 Å². The highest BCUT2D eigenvalue weighted by Gasteiger charge is 2.16. The van der Waals surface area contributed by atoms with Crippen molar-refractivity contribution >= 4 is 17.9 Å². The third kappa shape index (κ3) is 13.5. The van der Waals surface area contributed by atoms with Gasteiger partial charge in [0.15, 0.2) is 0 Å². The molecule has 0 saturated carbocycles. The number of ether oxygens (including phenoxy) is 2. The zero-order valence-corrected chi connectivity index (χ0v) is 19.0. The Labute approximate surface area is 185 Å². The minimum Gasteiger partial charge on any atom is -0.481 e. The summed E-state index contributed by atoms with van der Waals surface area (Å²) in [5.74, 6) is -2.81. The summed E-state index contributed by atoms with van der Waals surface area (Å²) in [5, 5.41) is 17.8. The fourth-order valence-electron chi connectivity index (χ4n) is 2.68. The number of esters is 2. The zero-order valence-electron chi connectivity index (χ0n) is 19.0. The summed E-state index contributed by atoms with van der Waals surface area (Å²) < 4.78 is 10.5. The Hall–Kier alpha value is -2.41. The van der Waals surface area contributed by atoms with Crippen LogP contribution in [0.3, 0.4) is 0 Å². The van der Waals surface area contributed by atoms with Crippen LogP contribution in [-0.4, -0.2) is 47.9 Å². The van der Waals surface area contributed by atoms with Crippen LogP contribution in [-0.2, 0) is 23.9 Å². The standard InChI is InChI=1S/C24H38O7/c1-4-19(22(26)27)13-9-11-17-30-24(29)21(6-3)15-12-18-31-23(28)20(5-2)14-8-7-10-16-25/h8-9,12-15,19-21,25H,4-7,10-11,16-18H2,1-3H3,(H,26,27). The van der Waals surface area contributed by atoms with Crippen molar-refractivity contribution in [1.82, 2.24) is 0 Å². The molecule has 0 aromatic rings. The smallest absolute Gasteiger partial charge is 0.313 e. The summed E-state index contributed by atoms with van der Waals surface area (Å²) in [5.41, 5.74) is 0. The molecule has 0 aromatic carbocycles. The molecule has 0 aliphatic carbocycles. The first-order valence-electron chi connectivity index (χ1n) is 11.1. The van der Waals surface area contributed by atoms with Crippen LogP contribution >= 0.6 is 0 Å². The SMILES string of the molecule is CCC(C=CCCOC(=O)C(C=CCOC(=O)C(C=CCCCO)CC)CC)C(=O)O. The molecule has 0 aromatic heterocycles. The van der Waals surface area contributed by atoms with Crippen LogP contribution < -0.4 is 0 Å². The minimum absolute atomic E-state index is 0.0833. The maximum absolute atomic E-state index is 12.2. The molecule has 3 unspecified atom stereocenters. The normalized spacial score (nSPS) is 14.7. The molecule has 0 heterocycles. The van der Waals surface area contributed by atoms with Crippen molar-refractivity contribution in [1.29, 1.82) is 0 Å². The van der Waals surface area contributed by atoms with E-state index in [1.807, 2.05) is 26.0 Å². The first kappa shape index (κ1) is 28.6. The Morgan fingerprint density at radius 3 is 1.84 bits per heavy atom. The number of unbranched alkanes of at least 4 members (excludes halogenated alkanes) is 1. The van der Waals surface area contributed by atoms with Gasteiger partial charge >= 0.3 is 17.9 Å². The lowest BCUT2D eigenvalue weighted by Gasteiger charge is -2.11. The van der Waals surface area contributed by atoms with Crippen LogP contribution in [0, 0.1) is 17.8 Å². The van der Waals surface area contributed by atoms with Gasteiger partial charge in [0.05, 0.1) is 24.4 Å². The summed E-state index contributed by atoms with van der Waals surface area (Å²) in [4.78, 5) is 35.2. The number of allylic oxidation sites excluding steroid dienone is 1. The fraction of sp³-hybridized carbons (Fsp3) is 0.625. The molecule has 7 nitrogen and oxygen atoms in total. The molecule has 31 heavy (non-hydrogen) atoms. The van der Waals surface area contributed by atoms with Crippen molar-refractivity contribution in [3.05, 3.63) is 36.5 Å². The van der Waals surface area contributed by atoms with Crippen molar-refractivity contribution in [2.24, 2.45) is 17.8 Å². The van der Waals surface area contributed by atoms with Crippen LogP contribution in [0.5, 0.6) is 0 Å². The molecule has 176 valence electrons. The highest BCUT2D eigenvalue weighted by atomic mass is 16.5. The maximum Gasteiger partial charge on any atom is 0.313 e. The van der Waals surface area contributed by atoms with Crippen LogP contribution in [0.2, 0.25) is 0 Å². The van der Waals surface area contributed by atoms with E-state index in [0.29, 0.717) is 32.1 Å². The maximum atomic E-state index is 12.2. The van der Waals surface area contributed by atoms with Crippen LogP contribution in [0.1, 0.15) is 59.3 Å². The quantitative estimate of drug-likeness (QED) is 0.200. The highest BCUT2D eigenvalue weighted by Crippen LogP contribution is 2.11. The van der Waals surface area contributed by atoms with Crippen LogP contribution in [0.4, 0.5) is 0 Å². The lowest BCUT2D eigenvalue weighted by atomic mass is 10.1. The van der Waals surface area contributed by atoms with Crippen molar-refractivity contribution in [2.45, 2.75) is 59.3 Å². The predicted molar refractivity (Wildman–Crippen MR) is 119 cm³/mol. The summed E-state index contributed by atoms with van der Waals surface area (Å²) in [7, 11) is 0. The number of aliphatic carboxylic acids is 1. The Balaban J connectivity index is 4.35. The molecule has 0 rings (SSSR count). The van der Waals surface area contributed by atoms with Gasteiger partial charge in [-0.05, 0) is 38.5 Å². The molecule has 0 aliphatic heterocycles. The van der Waals surface area contributed by atoms with Gasteiger partial charge < -0.3 is 19.7 Å². The average molecular weight is 439 g/mol. The van der Waals surface area contributed by atoms with Crippen molar-refractivity contribution in [3.63, 3.8) is 0 Å². The van der Waals surface area contributed by atoms with E-state index >= 15 is 0 Å². The molecule has 3 atom stereocenters. The second kappa shape index (κ2) is 18.4. The van der Waals surface area contributed by atoms with Crippen molar-refractivity contribution in [3.8, 4) is 0 Å². The van der Waals surface area contributed by atoms with E-state index in [9.17, 15) is 14.4 Å². The summed E-state index contributed by atoms with van der Waals surface area (Å²) in [6.45, 7) is 5.96. The van der Waals surface area contributed by atoms with E-state index < -0.39 is 17.8 Å². The molecule has 0 saturated heterocycles. The second-order valence-corrected chi connectivity index (χ2v) is 7.12.